The van der Waals surface area contributed by atoms with Crippen LogP contribution in [0.1, 0.15) is 53.8 Å². The molecule has 1 aromatic rings. The molecule has 0 spiro atoms. The van der Waals surface area contributed by atoms with Crippen LogP contribution in [0.3, 0.4) is 0 Å². The summed E-state index contributed by atoms with van der Waals surface area (Å²) in [6.45, 7) is 4.40. The Kier molecular flexibility index (Phi) is 4.20. The van der Waals surface area contributed by atoms with Gasteiger partial charge in [0, 0.05) is 5.56 Å². The summed E-state index contributed by atoms with van der Waals surface area (Å²) in [5.41, 5.74) is 2.39. The first kappa shape index (κ1) is 13.6. The van der Waals surface area contributed by atoms with E-state index in [4.69, 9.17) is 9.47 Å². The number of hydrogen-bond donors (Lipinski definition) is 0. The van der Waals surface area contributed by atoms with Gasteiger partial charge in [-0.1, -0.05) is 31.0 Å². The third kappa shape index (κ3) is 3.13. The Morgan fingerprint density at radius 1 is 1.42 bits per heavy atom. The van der Waals surface area contributed by atoms with Crippen LogP contribution in [0.5, 0.6) is 0 Å². The average molecular weight is 262 g/mol. The molecule has 0 fully saturated rings. The summed E-state index contributed by atoms with van der Waals surface area (Å²) < 4.78 is 10.3. The standard InChI is InChI=1S/C15H18O4/c1-3-4-7-18-14(16)9-13-12-8-10(2)5-6-11(12)15(17)19-13/h5-6,8,13H,3-4,7,9H2,1-2H3. The van der Waals surface area contributed by atoms with Crippen LogP contribution in [0.2, 0.25) is 0 Å². The first-order chi connectivity index (χ1) is 9.11. The van der Waals surface area contributed by atoms with Crippen LogP contribution < -0.4 is 0 Å². The largest absolute Gasteiger partial charge is 0.466 e. The lowest BCUT2D eigenvalue weighted by molar-refractivity contribution is -0.145. The Hall–Kier alpha value is -1.84. The van der Waals surface area contributed by atoms with E-state index in [0.29, 0.717) is 12.2 Å². The van der Waals surface area contributed by atoms with Crippen LogP contribution in [-0.2, 0) is 14.3 Å². The van der Waals surface area contributed by atoms with E-state index >= 15 is 0 Å². The maximum Gasteiger partial charge on any atom is 0.339 e. The van der Waals surface area contributed by atoms with Crippen LogP contribution in [0, 0.1) is 6.92 Å². The van der Waals surface area contributed by atoms with Crippen LogP contribution >= 0.6 is 0 Å². The third-order valence-electron chi connectivity index (χ3n) is 3.14. The molecule has 0 bridgehead atoms. The smallest absolute Gasteiger partial charge is 0.339 e. The van der Waals surface area contributed by atoms with Gasteiger partial charge in [-0.3, -0.25) is 4.79 Å². The van der Waals surface area contributed by atoms with Crippen LogP contribution in [0.15, 0.2) is 18.2 Å². The van der Waals surface area contributed by atoms with Gasteiger partial charge in [-0.05, 0) is 19.4 Å². The second kappa shape index (κ2) is 5.87. The maximum atomic E-state index is 11.7. The van der Waals surface area contributed by atoms with Crippen molar-refractivity contribution in [3.63, 3.8) is 0 Å². The molecule has 1 heterocycles. The highest BCUT2D eigenvalue weighted by atomic mass is 16.6. The van der Waals surface area contributed by atoms with E-state index in [0.717, 1.165) is 24.0 Å². The molecule has 1 aliphatic heterocycles. The SMILES string of the molecule is CCCCOC(=O)CC1OC(=O)c2ccc(C)cc21. The molecule has 0 radical (unpaired) electrons. The summed E-state index contributed by atoms with van der Waals surface area (Å²) in [6.07, 6.45) is 1.42. The lowest BCUT2D eigenvalue weighted by Gasteiger charge is -2.10. The predicted octanol–water partition coefficient (Wildman–Crippen LogP) is 2.94. The van der Waals surface area contributed by atoms with Gasteiger partial charge in [-0.25, -0.2) is 4.79 Å². The molecule has 19 heavy (non-hydrogen) atoms. The van der Waals surface area contributed by atoms with Crippen molar-refractivity contribution in [2.24, 2.45) is 0 Å². The zero-order chi connectivity index (χ0) is 13.8. The molecule has 2 rings (SSSR count). The van der Waals surface area contributed by atoms with E-state index in [9.17, 15) is 9.59 Å². The number of aryl methyl sites for hydroxylation is 1. The topological polar surface area (TPSA) is 52.6 Å². The van der Waals surface area contributed by atoms with E-state index in [-0.39, 0.29) is 18.4 Å². The molecule has 0 N–H and O–H groups in total. The highest BCUT2D eigenvalue weighted by molar-refractivity contribution is 5.94. The molecule has 0 amide bonds. The summed E-state index contributed by atoms with van der Waals surface area (Å²) in [6, 6.07) is 5.50. The van der Waals surface area contributed by atoms with Crippen molar-refractivity contribution in [2.45, 2.75) is 39.2 Å². The molecule has 1 atom stereocenters. The molecule has 0 aromatic heterocycles. The van der Waals surface area contributed by atoms with Crippen molar-refractivity contribution in [2.75, 3.05) is 6.61 Å². The van der Waals surface area contributed by atoms with Gasteiger partial charge in [0.1, 0.15) is 6.10 Å². The molecule has 0 saturated carbocycles. The molecule has 1 aliphatic rings. The monoisotopic (exact) mass is 262 g/mol. The minimum atomic E-state index is -0.503. The first-order valence-corrected chi connectivity index (χ1v) is 6.59. The van der Waals surface area contributed by atoms with E-state index in [2.05, 4.69) is 0 Å². The molecular formula is C15H18O4. The summed E-state index contributed by atoms with van der Waals surface area (Å²) in [5, 5.41) is 0. The molecular weight excluding hydrogens is 244 g/mol. The molecule has 0 saturated heterocycles. The van der Waals surface area contributed by atoms with Gasteiger partial charge in [0.25, 0.3) is 0 Å². The Balaban J connectivity index is 2.02. The Morgan fingerprint density at radius 2 is 2.21 bits per heavy atom. The Bertz CT molecular complexity index is 493. The van der Waals surface area contributed by atoms with Crippen molar-refractivity contribution in [1.82, 2.24) is 0 Å². The van der Waals surface area contributed by atoms with Crippen LogP contribution in [0.25, 0.3) is 0 Å². The summed E-state index contributed by atoms with van der Waals surface area (Å²) >= 11 is 0. The summed E-state index contributed by atoms with van der Waals surface area (Å²) in [7, 11) is 0. The third-order valence-corrected chi connectivity index (χ3v) is 3.14. The number of ether oxygens (including phenoxy) is 2. The molecule has 4 nitrogen and oxygen atoms in total. The zero-order valence-electron chi connectivity index (χ0n) is 11.3. The maximum absolute atomic E-state index is 11.7. The number of cyclic esters (lactones) is 1. The quantitative estimate of drug-likeness (QED) is 0.604. The number of unbranched alkanes of at least 4 members (excludes halogenated alkanes) is 1. The highest BCUT2D eigenvalue weighted by Crippen LogP contribution is 2.33. The van der Waals surface area contributed by atoms with E-state index in [1.807, 2.05) is 26.0 Å². The predicted molar refractivity (Wildman–Crippen MR) is 69.8 cm³/mol. The number of rotatable bonds is 5. The molecule has 102 valence electrons. The van der Waals surface area contributed by atoms with Crippen LogP contribution in [0.4, 0.5) is 0 Å². The molecule has 1 aromatic carbocycles. The first-order valence-electron chi connectivity index (χ1n) is 6.59. The summed E-state index contributed by atoms with van der Waals surface area (Å²) in [5.74, 6) is -0.679. The Labute approximate surface area is 112 Å². The highest BCUT2D eigenvalue weighted by Gasteiger charge is 2.32. The number of fused-ring (bicyclic) bond motifs is 1. The van der Waals surface area contributed by atoms with Crippen molar-refractivity contribution >= 4 is 11.9 Å². The Morgan fingerprint density at radius 3 is 2.95 bits per heavy atom. The van der Waals surface area contributed by atoms with Gasteiger partial charge in [0.15, 0.2) is 0 Å². The van der Waals surface area contributed by atoms with Crippen molar-refractivity contribution in [1.29, 1.82) is 0 Å². The fraction of sp³-hybridized carbons (Fsp3) is 0.467. The number of benzene rings is 1. The van der Waals surface area contributed by atoms with Gasteiger partial charge >= 0.3 is 11.9 Å². The zero-order valence-corrected chi connectivity index (χ0v) is 11.3. The van der Waals surface area contributed by atoms with Crippen molar-refractivity contribution in [3.05, 3.63) is 34.9 Å². The van der Waals surface area contributed by atoms with Gasteiger partial charge in [-0.15, -0.1) is 0 Å². The molecule has 4 heteroatoms. The number of carbonyl (C=O) groups excluding carboxylic acids is 2. The van der Waals surface area contributed by atoms with E-state index < -0.39 is 6.10 Å². The van der Waals surface area contributed by atoms with Gasteiger partial charge < -0.3 is 9.47 Å². The second-order valence-electron chi connectivity index (χ2n) is 4.76. The van der Waals surface area contributed by atoms with Gasteiger partial charge in [0.2, 0.25) is 0 Å². The van der Waals surface area contributed by atoms with E-state index in [1.165, 1.54) is 0 Å². The molecule has 0 aliphatic carbocycles. The molecule has 1 unspecified atom stereocenters. The van der Waals surface area contributed by atoms with E-state index in [1.54, 1.807) is 6.07 Å². The number of esters is 2. The van der Waals surface area contributed by atoms with Gasteiger partial charge in [-0.2, -0.15) is 0 Å². The van der Waals surface area contributed by atoms with Gasteiger partial charge in [0.05, 0.1) is 18.6 Å². The minimum Gasteiger partial charge on any atom is -0.466 e. The number of carbonyl (C=O) groups is 2. The minimum absolute atomic E-state index is 0.0892. The lowest BCUT2D eigenvalue weighted by atomic mass is 10.0. The van der Waals surface area contributed by atoms with Crippen molar-refractivity contribution < 1.29 is 19.1 Å². The van der Waals surface area contributed by atoms with Crippen LogP contribution in [-0.4, -0.2) is 18.5 Å². The normalized spacial score (nSPS) is 16.9. The fourth-order valence-electron chi connectivity index (χ4n) is 2.08. The number of hydrogen-bond acceptors (Lipinski definition) is 4. The fourth-order valence-corrected chi connectivity index (χ4v) is 2.08. The van der Waals surface area contributed by atoms with Crippen molar-refractivity contribution in [3.8, 4) is 0 Å². The summed E-state index contributed by atoms with van der Waals surface area (Å²) in [4.78, 5) is 23.3. The average Bonchev–Trinajstić information content (AvgIpc) is 2.66. The lowest BCUT2D eigenvalue weighted by Crippen LogP contribution is -2.11. The second-order valence-corrected chi connectivity index (χ2v) is 4.76.